The second kappa shape index (κ2) is 4.88. The summed E-state index contributed by atoms with van der Waals surface area (Å²) < 4.78 is 0. The first kappa shape index (κ1) is 12.0. The molecule has 0 amide bonds. The summed E-state index contributed by atoms with van der Waals surface area (Å²) in [7, 11) is 0. The quantitative estimate of drug-likeness (QED) is 0.844. The van der Waals surface area contributed by atoms with Gasteiger partial charge >= 0.3 is 5.97 Å². The monoisotopic (exact) mass is 252 g/mol. The third kappa shape index (κ3) is 2.14. The Bertz CT molecular complexity index is 569. The summed E-state index contributed by atoms with van der Waals surface area (Å²) in [6.07, 6.45) is 2.98. The molecule has 0 saturated heterocycles. The van der Waals surface area contributed by atoms with E-state index in [1.807, 2.05) is 36.4 Å². The van der Waals surface area contributed by atoms with Gasteiger partial charge in [-0.15, -0.1) is 0 Å². The molecule has 19 heavy (non-hydrogen) atoms. The van der Waals surface area contributed by atoms with Crippen molar-refractivity contribution in [1.82, 2.24) is 0 Å². The molecular weight excluding hydrogens is 236 g/mol. The lowest BCUT2D eigenvalue weighted by atomic mass is 9.81. The minimum absolute atomic E-state index is 0.535. The van der Waals surface area contributed by atoms with Crippen LogP contribution >= 0.6 is 0 Å². The van der Waals surface area contributed by atoms with Crippen LogP contribution < -0.4 is 0 Å². The van der Waals surface area contributed by atoms with E-state index in [0.717, 1.165) is 30.4 Å². The maximum absolute atomic E-state index is 11.7. The van der Waals surface area contributed by atoms with Crippen LogP contribution in [0.4, 0.5) is 0 Å². The van der Waals surface area contributed by atoms with Gasteiger partial charge < -0.3 is 5.11 Å². The minimum Gasteiger partial charge on any atom is -0.481 e. The van der Waals surface area contributed by atoms with Crippen LogP contribution in [0, 0.1) is 0 Å². The van der Waals surface area contributed by atoms with Gasteiger partial charge in [0.05, 0.1) is 0 Å². The van der Waals surface area contributed by atoms with E-state index in [-0.39, 0.29) is 0 Å². The molecule has 2 heteroatoms. The Kier molecular flexibility index (Phi) is 3.08. The molecule has 3 rings (SSSR count). The Balaban J connectivity index is 2.22. The fourth-order valence-corrected chi connectivity index (χ4v) is 2.99. The van der Waals surface area contributed by atoms with Gasteiger partial charge in [0.15, 0.2) is 0 Å². The number of carboxylic acids is 1. The van der Waals surface area contributed by atoms with E-state index in [2.05, 4.69) is 12.1 Å². The highest BCUT2D eigenvalue weighted by molar-refractivity contribution is 5.81. The predicted octanol–water partition coefficient (Wildman–Crippen LogP) is 3.39. The van der Waals surface area contributed by atoms with Crippen LogP contribution in [-0.2, 0) is 17.6 Å². The number of benzene rings is 2. The Morgan fingerprint density at radius 2 is 1.37 bits per heavy atom. The Morgan fingerprint density at radius 3 is 1.84 bits per heavy atom. The largest absolute Gasteiger partial charge is 0.481 e. The third-order valence-electron chi connectivity index (χ3n) is 3.87. The average Bonchev–Trinajstić information content (AvgIpc) is 2.39. The van der Waals surface area contributed by atoms with Crippen molar-refractivity contribution < 1.29 is 9.90 Å². The van der Waals surface area contributed by atoms with Crippen molar-refractivity contribution in [3.8, 4) is 0 Å². The maximum atomic E-state index is 11.7. The van der Waals surface area contributed by atoms with E-state index in [0.29, 0.717) is 0 Å². The molecule has 0 spiro atoms. The van der Waals surface area contributed by atoms with Crippen molar-refractivity contribution in [2.75, 3.05) is 0 Å². The van der Waals surface area contributed by atoms with Crippen LogP contribution in [0.25, 0.3) is 0 Å². The standard InChI is InChI=1S/C17H16O2/c18-17(19)16-14-10-3-1-6-12(14)8-5-9-13-7-2-4-11-15(13)16/h1-4,6-7,10-11,16H,5,8-9H2,(H,18,19). The fraction of sp³-hybridized carbons (Fsp3) is 0.235. The SMILES string of the molecule is O=C(O)C1c2ccccc2CCCc2ccccc21. The molecule has 2 aromatic rings. The molecule has 0 saturated carbocycles. The molecule has 0 bridgehead atoms. The van der Waals surface area contributed by atoms with Crippen LogP contribution in [0.3, 0.4) is 0 Å². The molecule has 0 heterocycles. The second-order valence-electron chi connectivity index (χ2n) is 5.02. The number of carboxylic acid groups (broad SMARTS) is 1. The van der Waals surface area contributed by atoms with Gasteiger partial charge in [-0.1, -0.05) is 48.5 Å². The summed E-state index contributed by atoms with van der Waals surface area (Å²) in [6, 6.07) is 15.9. The number of hydrogen-bond donors (Lipinski definition) is 1. The smallest absolute Gasteiger partial charge is 0.315 e. The molecule has 0 fully saturated rings. The van der Waals surface area contributed by atoms with Crippen LogP contribution in [0.15, 0.2) is 48.5 Å². The molecule has 2 aromatic carbocycles. The van der Waals surface area contributed by atoms with Gasteiger partial charge in [-0.05, 0) is 41.5 Å². The van der Waals surface area contributed by atoms with Gasteiger partial charge in [-0.3, -0.25) is 4.79 Å². The number of fused-ring (bicyclic) bond motifs is 2. The second-order valence-corrected chi connectivity index (χ2v) is 5.02. The van der Waals surface area contributed by atoms with Crippen molar-refractivity contribution in [3.05, 3.63) is 70.8 Å². The molecule has 1 aliphatic rings. The van der Waals surface area contributed by atoms with Gasteiger partial charge in [0.2, 0.25) is 0 Å². The summed E-state index contributed by atoms with van der Waals surface area (Å²) in [4.78, 5) is 11.7. The number of carbonyl (C=O) groups is 1. The summed E-state index contributed by atoms with van der Waals surface area (Å²) in [5.74, 6) is -1.30. The zero-order valence-electron chi connectivity index (χ0n) is 10.7. The zero-order chi connectivity index (χ0) is 13.2. The normalized spacial score (nSPS) is 14.9. The lowest BCUT2D eigenvalue weighted by Gasteiger charge is -2.23. The summed E-state index contributed by atoms with van der Waals surface area (Å²) >= 11 is 0. The van der Waals surface area contributed by atoms with Crippen LogP contribution in [-0.4, -0.2) is 11.1 Å². The first-order valence-electron chi connectivity index (χ1n) is 6.66. The molecule has 1 aliphatic carbocycles. The number of aliphatic carboxylic acids is 1. The van der Waals surface area contributed by atoms with Gasteiger partial charge in [0.25, 0.3) is 0 Å². The first-order chi connectivity index (χ1) is 9.27. The minimum atomic E-state index is -0.762. The van der Waals surface area contributed by atoms with E-state index < -0.39 is 11.9 Å². The maximum Gasteiger partial charge on any atom is 0.315 e. The molecule has 0 aliphatic heterocycles. The van der Waals surface area contributed by atoms with E-state index in [1.165, 1.54) is 11.1 Å². The van der Waals surface area contributed by atoms with Crippen molar-refractivity contribution in [1.29, 1.82) is 0 Å². The van der Waals surface area contributed by atoms with Crippen LogP contribution in [0.5, 0.6) is 0 Å². The van der Waals surface area contributed by atoms with Crippen LogP contribution in [0.2, 0.25) is 0 Å². The van der Waals surface area contributed by atoms with Gasteiger partial charge in [-0.2, -0.15) is 0 Å². The molecule has 0 radical (unpaired) electrons. The number of rotatable bonds is 1. The average molecular weight is 252 g/mol. The Hall–Kier alpha value is -2.09. The highest BCUT2D eigenvalue weighted by Gasteiger charge is 2.27. The van der Waals surface area contributed by atoms with E-state index >= 15 is 0 Å². The fourth-order valence-electron chi connectivity index (χ4n) is 2.99. The molecule has 0 aromatic heterocycles. The summed E-state index contributed by atoms with van der Waals surface area (Å²) in [5, 5.41) is 9.65. The lowest BCUT2D eigenvalue weighted by molar-refractivity contribution is -0.137. The molecule has 96 valence electrons. The first-order valence-corrected chi connectivity index (χ1v) is 6.66. The Labute approximate surface area is 112 Å². The highest BCUT2D eigenvalue weighted by Crippen LogP contribution is 2.33. The highest BCUT2D eigenvalue weighted by atomic mass is 16.4. The molecule has 1 N–H and O–H groups in total. The molecular formula is C17H16O2. The lowest BCUT2D eigenvalue weighted by Crippen LogP contribution is -2.18. The molecule has 0 unspecified atom stereocenters. The van der Waals surface area contributed by atoms with E-state index in [9.17, 15) is 9.90 Å². The predicted molar refractivity (Wildman–Crippen MR) is 74.4 cm³/mol. The summed E-state index contributed by atoms with van der Waals surface area (Å²) in [6.45, 7) is 0. The number of hydrogen-bond acceptors (Lipinski definition) is 1. The van der Waals surface area contributed by atoms with Gasteiger partial charge in [-0.25, -0.2) is 0 Å². The van der Waals surface area contributed by atoms with Crippen molar-refractivity contribution in [2.45, 2.75) is 25.2 Å². The molecule has 2 nitrogen and oxygen atoms in total. The van der Waals surface area contributed by atoms with Crippen molar-refractivity contribution in [2.24, 2.45) is 0 Å². The van der Waals surface area contributed by atoms with Gasteiger partial charge in [0.1, 0.15) is 5.92 Å². The van der Waals surface area contributed by atoms with Crippen molar-refractivity contribution >= 4 is 5.97 Å². The van der Waals surface area contributed by atoms with E-state index in [4.69, 9.17) is 0 Å². The summed E-state index contributed by atoms with van der Waals surface area (Å²) in [5.41, 5.74) is 4.23. The Morgan fingerprint density at radius 1 is 0.895 bits per heavy atom. The zero-order valence-corrected chi connectivity index (χ0v) is 10.7. The molecule has 0 atom stereocenters. The van der Waals surface area contributed by atoms with Crippen molar-refractivity contribution in [3.63, 3.8) is 0 Å². The van der Waals surface area contributed by atoms with Gasteiger partial charge in [0, 0.05) is 0 Å². The third-order valence-corrected chi connectivity index (χ3v) is 3.87. The number of aryl methyl sites for hydroxylation is 2. The van der Waals surface area contributed by atoms with E-state index in [1.54, 1.807) is 0 Å². The van der Waals surface area contributed by atoms with Crippen LogP contribution in [0.1, 0.15) is 34.6 Å². The topological polar surface area (TPSA) is 37.3 Å².